The second-order valence-corrected chi connectivity index (χ2v) is 7.56. The van der Waals surface area contributed by atoms with E-state index in [1.54, 1.807) is 13.8 Å². The van der Waals surface area contributed by atoms with Gasteiger partial charge >= 0.3 is 0 Å². The van der Waals surface area contributed by atoms with Gasteiger partial charge in [-0.05, 0) is 69.9 Å². The summed E-state index contributed by atoms with van der Waals surface area (Å²) < 4.78 is 6.98. The standard InChI is InChI=1S/C23H24N2O4/c1-7-13(4)25-22(27)17(10-24)14(5)19(23(25)28)20(26)21-15(6)16-8-11(2)12(3)9-18(16)29-21/h8-9,13,28H,7H2,1-6H3. The van der Waals surface area contributed by atoms with Crippen molar-refractivity contribution in [3.63, 3.8) is 0 Å². The van der Waals surface area contributed by atoms with Crippen molar-refractivity contribution in [2.24, 2.45) is 0 Å². The van der Waals surface area contributed by atoms with E-state index in [9.17, 15) is 20.0 Å². The molecule has 6 nitrogen and oxygen atoms in total. The third kappa shape index (κ3) is 3.03. The number of rotatable bonds is 4. The molecule has 0 aliphatic heterocycles. The van der Waals surface area contributed by atoms with E-state index in [0.29, 0.717) is 17.6 Å². The highest BCUT2D eigenvalue weighted by atomic mass is 16.3. The van der Waals surface area contributed by atoms with Crippen LogP contribution in [0.5, 0.6) is 5.88 Å². The molecule has 6 heteroatoms. The SMILES string of the molecule is CCC(C)n1c(O)c(C(=O)c2oc3cc(C)c(C)cc3c2C)c(C)c(C#N)c1=O. The van der Waals surface area contributed by atoms with Crippen LogP contribution in [0.3, 0.4) is 0 Å². The first-order valence-electron chi connectivity index (χ1n) is 9.57. The zero-order valence-corrected chi connectivity index (χ0v) is 17.5. The van der Waals surface area contributed by atoms with E-state index >= 15 is 0 Å². The number of ketones is 1. The van der Waals surface area contributed by atoms with Crippen molar-refractivity contribution >= 4 is 16.8 Å². The van der Waals surface area contributed by atoms with Crippen molar-refractivity contribution in [1.82, 2.24) is 4.57 Å². The first-order valence-corrected chi connectivity index (χ1v) is 9.57. The Morgan fingerprint density at radius 3 is 2.41 bits per heavy atom. The predicted molar refractivity (Wildman–Crippen MR) is 111 cm³/mol. The van der Waals surface area contributed by atoms with Gasteiger partial charge in [0, 0.05) is 17.0 Å². The molecule has 0 saturated carbocycles. The van der Waals surface area contributed by atoms with Gasteiger partial charge in [-0.1, -0.05) is 6.92 Å². The molecule has 1 unspecified atom stereocenters. The molecule has 2 heterocycles. The lowest BCUT2D eigenvalue weighted by Gasteiger charge is -2.19. The molecule has 150 valence electrons. The van der Waals surface area contributed by atoms with Gasteiger partial charge in [0.25, 0.3) is 5.56 Å². The van der Waals surface area contributed by atoms with Crippen LogP contribution in [-0.2, 0) is 0 Å². The van der Waals surface area contributed by atoms with E-state index in [4.69, 9.17) is 4.42 Å². The number of fused-ring (bicyclic) bond motifs is 1. The fraction of sp³-hybridized carbons (Fsp3) is 0.348. The average Bonchev–Trinajstić information content (AvgIpc) is 2.98. The molecule has 0 radical (unpaired) electrons. The molecular formula is C23H24N2O4. The molecular weight excluding hydrogens is 368 g/mol. The minimum atomic E-state index is -0.596. The van der Waals surface area contributed by atoms with Crippen molar-refractivity contribution in [2.75, 3.05) is 0 Å². The molecule has 3 rings (SSSR count). The highest BCUT2D eigenvalue weighted by molar-refractivity contribution is 6.12. The zero-order valence-electron chi connectivity index (χ0n) is 17.5. The van der Waals surface area contributed by atoms with Gasteiger partial charge in [-0.15, -0.1) is 0 Å². The molecule has 1 aromatic carbocycles. The lowest BCUT2D eigenvalue weighted by atomic mass is 9.97. The third-order valence-corrected chi connectivity index (χ3v) is 5.76. The van der Waals surface area contributed by atoms with Crippen molar-refractivity contribution in [3.8, 4) is 11.9 Å². The van der Waals surface area contributed by atoms with E-state index in [1.165, 1.54) is 6.92 Å². The van der Waals surface area contributed by atoms with Crippen LogP contribution in [-0.4, -0.2) is 15.5 Å². The Labute approximate surface area is 169 Å². The lowest BCUT2D eigenvalue weighted by Crippen LogP contribution is -2.28. The number of hydrogen-bond donors (Lipinski definition) is 1. The monoisotopic (exact) mass is 392 g/mol. The second-order valence-electron chi connectivity index (χ2n) is 7.56. The highest BCUT2D eigenvalue weighted by Gasteiger charge is 2.29. The number of carbonyl (C=O) groups is 1. The number of nitriles is 1. The van der Waals surface area contributed by atoms with E-state index in [1.807, 2.05) is 39.0 Å². The number of aromatic hydroxyl groups is 1. The van der Waals surface area contributed by atoms with Crippen LogP contribution in [0.15, 0.2) is 21.3 Å². The summed E-state index contributed by atoms with van der Waals surface area (Å²) in [5, 5.41) is 21.2. The quantitative estimate of drug-likeness (QED) is 0.654. The number of aromatic nitrogens is 1. The van der Waals surface area contributed by atoms with Crippen molar-refractivity contribution in [2.45, 2.75) is 54.0 Å². The molecule has 0 spiro atoms. The Morgan fingerprint density at radius 1 is 1.21 bits per heavy atom. The Balaban J connectivity index is 2.33. The lowest BCUT2D eigenvalue weighted by molar-refractivity contribution is 0.100. The van der Waals surface area contributed by atoms with Crippen LogP contribution in [0, 0.1) is 39.0 Å². The smallest absolute Gasteiger partial charge is 0.271 e. The maximum Gasteiger partial charge on any atom is 0.271 e. The van der Waals surface area contributed by atoms with Gasteiger partial charge in [-0.25, -0.2) is 0 Å². The minimum Gasteiger partial charge on any atom is -0.494 e. The summed E-state index contributed by atoms with van der Waals surface area (Å²) in [4.78, 5) is 26.1. The largest absolute Gasteiger partial charge is 0.494 e. The van der Waals surface area contributed by atoms with Gasteiger partial charge < -0.3 is 9.52 Å². The van der Waals surface area contributed by atoms with E-state index in [2.05, 4.69) is 0 Å². The Hall–Kier alpha value is -3.33. The number of aryl methyl sites for hydroxylation is 3. The minimum absolute atomic E-state index is 0.0722. The zero-order chi connectivity index (χ0) is 21.6. The summed E-state index contributed by atoms with van der Waals surface area (Å²) in [5.41, 5.74) is 2.71. The fourth-order valence-electron chi connectivity index (χ4n) is 3.59. The molecule has 0 aliphatic rings. The topological polar surface area (TPSA) is 96.2 Å². The van der Waals surface area contributed by atoms with E-state index < -0.39 is 17.2 Å². The number of hydrogen-bond acceptors (Lipinski definition) is 5. The van der Waals surface area contributed by atoms with Crippen LogP contribution < -0.4 is 5.56 Å². The summed E-state index contributed by atoms with van der Waals surface area (Å²) in [6, 6.07) is 5.36. The number of carbonyl (C=O) groups excluding carboxylic acids is 1. The van der Waals surface area contributed by atoms with Crippen LogP contribution in [0.4, 0.5) is 0 Å². The highest BCUT2D eigenvalue weighted by Crippen LogP contribution is 2.33. The third-order valence-electron chi connectivity index (χ3n) is 5.76. The molecule has 2 aromatic heterocycles. The molecule has 0 amide bonds. The predicted octanol–water partition coefficient (Wildman–Crippen LogP) is 4.61. The molecule has 0 bridgehead atoms. The summed E-state index contributed by atoms with van der Waals surface area (Å²) in [7, 11) is 0. The first-order chi connectivity index (χ1) is 13.6. The van der Waals surface area contributed by atoms with Crippen LogP contribution in [0.2, 0.25) is 0 Å². The summed E-state index contributed by atoms with van der Waals surface area (Å²) in [6.07, 6.45) is 0.553. The average molecular weight is 392 g/mol. The van der Waals surface area contributed by atoms with Gasteiger partial charge in [0.1, 0.15) is 17.2 Å². The van der Waals surface area contributed by atoms with Crippen molar-refractivity contribution in [3.05, 3.63) is 61.6 Å². The molecule has 0 fully saturated rings. The summed E-state index contributed by atoms with van der Waals surface area (Å²) in [5.74, 6) is -0.878. The Bertz CT molecular complexity index is 1260. The normalized spacial score (nSPS) is 12.2. The molecule has 1 N–H and O–H groups in total. The number of nitrogens with zero attached hydrogens (tertiary/aromatic N) is 2. The number of furan rings is 1. The van der Waals surface area contributed by atoms with Crippen LogP contribution in [0.25, 0.3) is 11.0 Å². The Morgan fingerprint density at radius 2 is 1.83 bits per heavy atom. The molecule has 29 heavy (non-hydrogen) atoms. The first kappa shape index (κ1) is 20.4. The molecule has 0 saturated heterocycles. The van der Waals surface area contributed by atoms with Crippen molar-refractivity contribution < 1.29 is 14.3 Å². The second kappa shape index (κ2) is 7.25. The van der Waals surface area contributed by atoms with E-state index in [-0.39, 0.29) is 28.5 Å². The fourth-order valence-corrected chi connectivity index (χ4v) is 3.59. The molecule has 0 aliphatic carbocycles. The number of pyridine rings is 1. The summed E-state index contributed by atoms with van der Waals surface area (Å²) >= 11 is 0. The maximum absolute atomic E-state index is 13.4. The van der Waals surface area contributed by atoms with Gasteiger partial charge in [-0.2, -0.15) is 5.26 Å². The molecule has 3 aromatic rings. The van der Waals surface area contributed by atoms with Crippen molar-refractivity contribution in [1.29, 1.82) is 5.26 Å². The molecule has 1 atom stereocenters. The van der Waals surface area contributed by atoms with Gasteiger partial charge in [0.05, 0.1) is 5.56 Å². The number of benzene rings is 1. The van der Waals surface area contributed by atoms with Gasteiger partial charge in [0.2, 0.25) is 11.7 Å². The maximum atomic E-state index is 13.4. The van der Waals surface area contributed by atoms with Crippen LogP contribution >= 0.6 is 0 Å². The van der Waals surface area contributed by atoms with Gasteiger partial charge in [-0.3, -0.25) is 14.2 Å². The van der Waals surface area contributed by atoms with Gasteiger partial charge in [0.15, 0.2) is 5.76 Å². The summed E-state index contributed by atoms with van der Waals surface area (Å²) in [6.45, 7) is 10.9. The Kier molecular flexibility index (Phi) is 5.10. The van der Waals surface area contributed by atoms with Crippen LogP contribution in [0.1, 0.15) is 70.2 Å². The van der Waals surface area contributed by atoms with E-state index in [0.717, 1.165) is 21.1 Å².